The molecule has 5 aromatic rings. The Morgan fingerprint density at radius 1 is 1.09 bits per heavy atom. The van der Waals surface area contributed by atoms with Crippen molar-refractivity contribution in [1.82, 2.24) is 39.5 Å². The molecule has 1 aliphatic carbocycles. The van der Waals surface area contributed by atoms with Gasteiger partial charge in [0.05, 0.1) is 11.6 Å². The van der Waals surface area contributed by atoms with Crippen LogP contribution in [0.5, 0.6) is 0 Å². The van der Waals surface area contributed by atoms with E-state index in [-0.39, 0.29) is 11.9 Å². The van der Waals surface area contributed by atoms with Gasteiger partial charge < -0.3 is 16.0 Å². The molecule has 2 aliphatic rings. The first kappa shape index (κ1) is 26.9. The number of halogens is 2. The molecular formula is C31H29F2N9O. The largest absolute Gasteiger partial charge is 0.383 e. The molecule has 4 aromatic heterocycles. The second-order valence-corrected chi connectivity index (χ2v) is 10.9. The average Bonchev–Trinajstić information content (AvgIpc) is 3.73. The van der Waals surface area contributed by atoms with E-state index in [1.165, 1.54) is 6.08 Å². The number of benzene rings is 1. The van der Waals surface area contributed by atoms with Crippen molar-refractivity contribution in [2.24, 2.45) is 0 Å². The van der Waals surface area contributed by atoms with Gasteiger partial charge in [0.15, 0.2) is 17.3 Å². The lowest BCUT2D eigenvalue weighted by Gasteiger charge is -2.34. The highest BCUT2D eigenvalue weighted by molar-refractivity contribution is 5.87. The van der Waals surface area contributed by atoms with E-state index >= 15 is 8.78 Å². The van der Waals surface area contributed by atoms with Crippen LogP contribution >= 0.6 is 0 Å². The van der Waals surface area contributed by atoms with Crippen LogP contribution in [0.2, 0.25) is 0 Å². The number of rotatable bonds is 6. The summed E-state index contributed by atoms with van der Waals surface area (Å²) in [5.74, 6) is -1.72. The van der Waals surface area contributed by atoms with E-state index < -0.39 is 18.4 Å². The maximum Gasteiger partial charge on any atom is 0.271 e. The van der Waals surface area contributed by atoms with Gasteiger partial charge in [0.2, 0.25) is 5.91 Å². The zero-order valence-electron chi connectivity index (χ0n) is 23.2. The maximum atomic E-state index is 15.5. The molecule has 12 heteroatoms. The number of imidazole rings is 1. The van der Waals surface area contributed by atoms with Crippen LogP contribution in [-0.4, -0.2) is 65.2 Å². The number of nitrogens with zero attached hydrogens (tertiary/aromatic N) is 7. The predicted molar refractivity (Wildman–Crippen MR) is 158 cm³/mol. The zero-order chi connectivity index (χ0) is 29.7. The predicted octanol–water partition coefficient (Wildman–Crippen LogP) is 4.25. The molecule has 0 saturated carbocycles. The first-order chi connectivity index (χ1) is 20.8. The minimum Gasteiger partial charge on any atom is -0.383 e. The van der Waals surface area contributed by atoms with Gasteiger partial charge in [-0.2, -0.15) is 5.10 Å². The normalized spacial score (nSPS) is 18.2. The summed E-state index contributed by atoms with van der Waals surface area (Å²) in [5.41, 5.74) is 9.76. The number of alkyl halides is 2. The summed E-state index contributed by atoms with van der Waals surface area (Å²) >= 11 is 0. The van der Waals surface area contributed by atoms with Crippen LogP contribution in [0.4, 0.5) is 14.6 Å². The fraction of sp³-hybridized carbons (Fsp3) is 0.258. The lowest BCUT2D eigenvalue weighted by Crippen LogP contribution is -2.47. The van der Waals surface area contributed by atoms with Gasteiger partial charge in [-0.3, -0.25) is 9.36 Å². The Labute approximate surface area is 245 Å². The molecule has 1 atom stereocenters. The van der Waals surface area contributed by atoms with Crippen molar-refractivity contribution >= 4 is 22.9 Å². The molecule has 1 aliphatic heterocycles. The van der Waals surface area contributed by atoms with Crippen LogP contribution in [0.3, 0.4) is 0 Å². The molecule has 218 valence electrons. The van der Waals surface area contributed by atoms with Crippen molar-refractivity contribution < 1.29 is 13.6 Å². The fourth-order valence-electron chi connectivity index (χ4n) is 6.10. The molecular weight excluding hydrogens is 552 g/mol. The second-order valence-electron chi connectivity index (χ2n) is 10.9. The van der Waals surface area contributed by atoms with Crippen molar-refractivity contribution in [3.05, 3.63) is 90.9 Å². The Morgan fingerprint density at radius 3 is 2.67 bits per heavy atom. The molecule has 1 saturated heterocycles. The van der Waals surface area contributed by atoms with Crippen molar-refractivity contribution in [3.63, 3.8) is 0 Å². The van der Waals surface area contributed by atoms with Gasteiger partial charge in [-0.1, -0.05) is 12.6 Å². The lowest BCUT2D eigenvalue weighted by atomic mass is 10.0. The Balaban J connectivity index is 1.28. The first-order valence-electron chi connectivity index (χ1n) is 14.1. The number of hydrogen-bond donors (Lipinski definition) is 2. The summed E-state index contributed by atoms with van der Waals surface area (Å²) in [6.45, 7) is 4.55. The summed E-state index contributed by atoms with van der Waals surface area (Å²) in [6, 6.07) is 13.2. The number of anilines is 1. The summed E-state index contributed by atoms with van der Waals surface area (Å²) in [6.07, 6.45) is 7.15. The van der Waals surface area contributed by atoms with E-state index in [2.05, 4.69) is 22.0 Å². The van der Waals surface area contributed by atoms with Crippen molar-refractivity contribution in [2.45, 2.75) is 37.3 Å². The Hall–Kier alpha value is -4.97. The van der Waals surface area contributed by atoms with Gasteiger partial charge in [-0.25, -0.2) is 28.4 Å². The quantitative estimate of drug-likeness (QED) is 0.288. The molecule has 5 heterocycles. The number of aromatic nitrogens is 6. The minimum absolute atomic E-state index is 0.127. The second kappa shape index (κ2) is 10.4. The summed E-state index contributed by atoms with van der Waals surface area (Å²) < 4.78 is 34.6. The molecule has 1 fully saturated rings. The van der Waals surface area contributed by atoms with Crippen LogP contribution in [0.25, 0.3) is 34.1 Å². The molecule has 1 aromatic carbocycles. The van der Waals surface area contributed by atoms with E-state index in [9.17, 15) is 4.79 Å². The third-order valence-corrected chi connectivity index (χ3v) is 8.24. The third-order valence-electron chi connectivity index (χ3n) is 8.24. The van der Waals surface area contributed by atoms with E-state index in [1.54, 1.807) is 52.4 Å². The van der Waals surface area contributed by atoms with Gasteiger partial charge in [0.1, 0.15) is 11.3 Å². The van der Waals surface area contributed by atoms with E-state index in [0.717, 1.165) is 0 Å². The number of pyridine rings is 2. The maximum absolute atomic E-state index is 15.5. The number of piperidine rings is 1. The van der Waals surface area contributed by atoms with E-state index in [4.69, 9.17) is 15.7 Å². The minimum atomic E-state index is -2.98. The molecule has 10 nitrogen and oxygen atoms in total. The smallest absolute Gasteiger partial charge is 0.271 e. The number of amides is 1. The number of carbonyl (C=O) groups is 1. The van der Waals surface area contributed by atoms with Crippen LogP contribution in [-0.2, 0) is 11.2 Å². The highest BCUT2D eigenvalue weighted by Crippen LogP contribution is 2.45. The first-order valence-corrected chi connectivity index (χ1v) is 14.1. The van der Waals surface area contributed by atoms with Gasteiger partial charge in [0.25, 0.3) is 5.92 Å². The van der Waals surface area contributed by atoms with Crippen LogP contribution in [0.1, 0.15) is 30.0 Å². The van der Waals surface area contributed by atoms with Crippen LogP contribution in [0.15, 0.2) is 79.8 Å². The van der Waals surface area contributed by atoms with Gasteiger partial charge in [-0.15, -0.1) is 0 Å². The summed E-state index contributed by atoms with van der Waals surface area (Å²) in [7, 11) is 0. The number of nitrogen functional groups attached to an aromatic ring is 1. The standard InChI is InChI=1S/C31H29F2N9O/c1-2-26(43)40-15-10-20(11-16-40)37-27-22-7-6-21(17-19(22)18-31(27,32)33)42-29(23-5-3-12-35-28(23)34)38-24-8-9-25(39-30(24)42)41-14-4-13-36-41/h2-9,12-14,17,20,27,37H,1,10-11,15-16,18H2,(H2,34,35)/t27-/m1/s1. The molecule has 0 radical (unpaired) electrons. The van der Waals surface area contributed by atoms with E-state index in [1.807, 2.05) is 28.8 Å². The van der Waals surface area contributed by atoms with Crippen molar-refractivity contribution in [2.75, 3.05) is 18.8 Å². The van der Waals surface area contributed by atoms with Crippen LogP contribution in [0, 0.1) is 0 Å². The molecule has 0 spiro atoms. The third kappa shape index (κ3) is 4.73. The van der Waals surface area contributed by atoms with Crippen molar-refractivity contribution in [3.8, 4) is 22.9 Å². The molecule has 0 unspecified atom stereocenters. The number of nitrogens with two attached hydrogens (primary N) is 1. The van der Waals surface area contributed by atoms with Crippen molar-refractivity contribution in [1.29, 1.82) is 0 Å². The van der Waals surface area contributed by atoms with Gasteiger partial charge in [-0.05, 0) is 72.5 Å². The molecule has 43 heavy (non-hydrogen) atoms. The van der Waals surface area contributed by atoms with E-state index in [0.29, 0.717) is 76.9 Å². The summed E-state index contributed by atoms with van der Waals surface area (Å²) in [4.78, 5) is 27.6. The van der Waals surface area contributed by atoms with Gasteiger partial charge >= 0.3 is 0 Å². The zero-order valence-corrected chi connectivity index (χ0v) is 23.2. The number of fused-ring (bicyclic) bond motifs is 2. The number of hydrogen-bond acceptors (Lipinski definition) is 7. The molecule has 7 rings (SSSR count). The fourth-order valence-corrected chi connectivity index (χ4v) is 6.10. The lowest BCUT2D eigenvalue weighted by molar-refractivity contribution is -0.127. The highest BCUT2D eigenvalue weighted by Gasteiger charge is 2.48. The Kier molecular flexibility index (Phi) is 6.50. The average molecular weight is 582 g/mol. The topological polar surface area (TPSA) is 120 Å². The Morgan fingerprint density at radius 2 is 1.93 bits per heavy atom. The van der Waals surface area contributed by atoms with Crippen LogP contribution < -0.4 is 11.1 Å². The Bertz CT molecular complexity index is 1840. The summed E-state index contributed by atoms with van der Waals surface area (Å²) in [5, 5.41) is 7.51. The number of likely N-dealkylation sites (tertiary alicyclic amines) is 1. The highest BCUT2D eigenvalue weighted by atomic mass is 19.3. The number of carbonyl (C=O) groups excluding carboxylic acids is 1. The monoisotopic (exact) mass is 581 g/mol. The SMILES string of the molecule is C=CC(=O)N1CCC(N[C@@H]2c3ccc(-n4c(-c5cccnc5N)nc5ccc(-n6cccn6)nc54)cc3CC2(F)F)CC1. The molecule has 0 bridgehead atoms. The van der Waals surface area contributed by atoms with Gasteiger partial charge in [0, 0.05) is 49.8 Å². The molecule has 3 N–H and O–H groups in total. The number of nitrogens with one attached hydrogen (secondary N) is 1. The molecule has 1 amide bonds.